The highest BCUT2D eigenvalue weighted by Crippen LogP contribution is 2.42. The van der Waals surface area contributed by atoms with Crippen LogP contribution < -0.4 is 14.2 Å². The Morgan fingerprint density at radius 2 is 1.81 bits per heavy atom. The molecule has 0 amide bonds. The number of ether oxygens (including phenoxy) is 3. The summed E-state index contributed by atoms with van der Waals surface area (Å²) in [5.41, 5.74) is 1.79. The van der Waals surface area contributed by atoms with Crippen molar-refractivity contribution in [1.82, 2.24) is 0 Å². The first-order valence-corrected chi connectivity index (χ1v) is 6.88. The molecule has 1 aliphatic heterocycles. The van der Waals surface area contributed by atoms with Crippen LogP contribution in [0.4, 0.5) is 0 Å². The van der Waals surface area contributed by atoms with Crippen molar-refractivity contribution < 1.29 is 19.3 Å². The molecule has 110 valence electrons. The minimum atomic E-state index is -0.546. The number of hydrogen-bond donors (Lipinski definition) is 1. The van der Waals surface area contributed by atoms with E-state index in [2.05, 4.69) is 0 Å². The van der Waals surface area contributed by atoms with E-state index in [9.17, 15) is 5.11 Å². The molecule has 1 N–H and O–H groups in total. The second-order valence-electron chi connectivity index (χ2n) is 5.04. The van der Waals surface area contributed by atoms with Crippen molar-refractivity contribution in [3.63, 3.8) is 0 Å². The first-order valence-electron chi connectivity index (χ1n) is 6.88. The van der Waals surface area contributed by atoms with Crippen LogP contribution in [0.25, 0.3) is 0 Å². The number of aliphatic hydroxyl groups excluding tert-OH is 1. The fraction of sp³-hybridized carbons (Fsp3) is 0.294. The number of fused-ring (bicyclic) bond motifs is 1. The molecule has 1 unspecified atom stereocenters. The van der Waals surface area contributed by atoms with Gasteiger partial charge in [-0.15, -0.1) is 0 Å². The third kappa shape index (κ3) is 2.67. The Kier molecular flexibility index (Phi) is 3.71. The van der Waals surface area contributed by atoms with Crippen LogP contribution in [0.3, 0.4) is 0 Å². The maximum absolute atomic E-state index is 10.3. The van der Waals surface area contributed by atoms with Crippen molar-refractivity contribution >= 4 is 0 Å². The summed E-state index contributed by atoms with van der Waals surface area (Å²) in [5, 5.41) is 10.3. The monoisotopic (exact) mass is 286 g/mol. The fourth-order valence-corrected chi connectivity index (χ4v) is 2.60. The number of methoxy groups -OCH3 is 2. The third-order valence-electron chi connectivity index (χ3n) is 3.75. The summed E-state index contributed by atoms with van der Waals surface area (Å²) in [6, 6.07) is 13.2. The van der Waals surface area contributed by atoms with Crippen molar-refractivity contribution in [3.8, 4) is 17.2 Å². The largest absolute Gasteiger partial charge is 0.497 e. The van der Waals surface area contributed by atoms with Gasteiger partial charge in [0.15, 0.2) is 0 Å². The van der Waals surface area contributed by atoms with E-state index in [0.29, 0.717) is 17.9 Å². The highest BCUT2D eigenvalue weighted by molar-refractivity contribution is 5.44. The zero-order valence-electron chi connectivity index (χ0n) is 12.1. The van der Waals surface area contributed by atoms with Crippen LogP contribution in [-0.2, 0) is 0 Å². The number of hydrogen-bond acceptors (Lipinski definition) is 4. The van der Waals surface area contributed by atoms with Gasteiger partial charge in [0.05, 0.1) is 20.3 Å². The SMILES string of the molecule is COc1cccc(C2C[C@H](O)c3ccc(OC)cc3O2)c1. The molecule has 4 nitrogen and oxygen atoms in total. The van der Waals surface area contributed by atoms with Crippen molar-refractivity contribution in [2.75, 3.05) is 14.2 Å². The molecule has 2 atom stereocenters. The van der Waals surface area contributed by atoms with Gasteiger partial charge >= 0.3 is 0 Å². The molecule has 0 radical (unpaired) electrons. The van der Waals surface area contributed by atoms with Gasteiger partial charge in [0.2, 0.25) is 0 Å². The van der Waals surface area contributed by atoms with E-state index in [0.717, 1.165) is 16.9 Å². The summed E-state index contributed by atoms with van der Waals surface area (Å²) in [4.78, 5) is 0. The standard InChI is InChI=1S/C17H18O4/c1-19-12-5-3-4-11(8-12)16-10-15(18)14-7-6-13(20-2)9-17(14)21-16/h3-9,15-16,18H,10H2,1-2H3/t15-,16?/m0/s1. The van der Waals surface area contributed by atoms with Crippen LogP contribution in [0.5, 0.6) is 17.2 Å². The molecule has 0 aromatic heterocycles. The quantitative estimate of drug-likeness (QED) is 0.941. The van der Waals surface area contributed by atoms with Gasteiger partial charge in [0.1, 0.15) is 23.4 Å². The van der Waals surface area contributed by atoms with E-state index in [1.165, 1.54) is 0 Å². The summed E-state index contributed by atoms with van der Waals surface area (Å²) in [6.07, 6.45) is -0.225. The maximum Gasteiger partial charge on any atom is 0.129 e. The Hall–Kier alpha value is -2.20. The van der Waals surface area contributed by atoms with Crippen LogP contribution in [-0.4, -0.2) is 19.3 Å². The van der Waals surface area contributed by atoms with Gasteiger partial charge in [0, 0.05) is 18.1 Å². The molecular formula is C17H18O4. The molecule has 0 saturated heterocycles. The van der Waals surface area contributed by atoms with Gasteiger partial charge in [0.25, 0.3) is 0 Å². The Bertz CT molecular complexity index is 638. The van der Waals surface area contributed by atoms with Crippen LogP contribution in [0.2, 0.25) is 0 Å². The van der Waals surface area contributed by atoms with Crippen LogP contribution in [0.15, 0.2) is 42.5 Å². The van der Waals surface area contributed by atoms with Crippen molar-refractivity contribution in [2.45, 2.75) is 18.6 Å². The predicted molar refractivity (Wildman–Crippen MR) is 78.9 cm³/mol. The van der Waals surface area contributed by atoms with Gasteiger partial charge < -0.3 is 19.3 Å². The summed E-state index contributed by atoms with van der Waals surface area (Å²) >= 11 is 0. The Balaban J connectivity index is 1.92. The van der Waals surface area contributed by atoms with Gasteiger partial charge in [-0.3, -0.25) is 0 Å². The van der Waals surface area contributed by atoms with Gasteiger partial charge in [-0.1, -0.05) is 12.1 Å². The summed E-state index contributed by atoms with van der Waals surface area (Å²) < 4.78 is 16.5. The first kappa shape index (κ1) is 13.8. The van der Waals surface area contributed by atoms with E-state index in [1.54, 1.807) is 14.2 Å². The molecule has 0 aliphatic carbocycles. The summed E-state index contributed by atoms with van der Waals surface area (Å²) in [6.45, 7) is 0. The Labute approximate surface area is 123 Å². The van der Waals surface area contributed by atoms with Gasteiger partial charge in [-0.25, -0.2) is 0 Å². The lowest BCUT2D eigenvalue weighted by atomic mass is 9.95. The molecule has 21 heavy (non-hydrogen) atoms. The molecule has 0 fully saturated rings. The number of benzene rings is 2. The molecule has 3 rings (SSSR count). The summed E-state index contributed by atoms with van der Waals surface area (Å²) in [7, 11) is 3.25. The third-order valence-corrected chi connectivity index (χ3v) is 3.75. The first-order chi connectivity index (χ1) is 10.2. The van der Waals surface area contributed by atoms with E-state index in [4.69, 9.17) is 14.2 Å². The predicted octanol–water partition coefficient (Wildman–Crippen LogP) is 3.26. The Morgan fingerprint density at radius 1 is 1.05 bits per heavy atom. The number of rotatable bonds is 3. The van der Waals surface area contributed by atoms with Crippen molar-refractivity contribution in [3.05, 3.63) is 53.6 Å². The second-order valence-corrected chi connectivity index (χ2v) is 5.04. The van der Waals surface area contributed by atoms with E-state index in [1.807, 2.05) is 42.5 Å². The molecule has 0 saturated carbocycles. The van der Waals surface area contributed by atoms with E-state index >= 15 is 0 Å². The molecule has 2 aromatic rings. The van der Waals surface area contributed by atoms with E-state index < -0.39 is 6.10 Å². The lowest BCUT2D eigenvalue weighted by Crippen LogP contribution is -2.19. The minimum Gasteiger partial charge on any atom is -0.497 e. The molecule has 4 heteroatoms. The molecule has 0 spiro atoms. The van der Waals surface area contributed by atoms with Crippen molar-refractivity contribution in [2.24, 2.45) is 0 Å². The molecule has 1 aliphatic rings. The Morgan fingerprint density at radius 3 is 2.57 bits per heavy atom. The van der Waals surface area contributed by atoms with Crippen LogP contribution >= 0.6 is 0 Å². The van der Waals surface area contributed by atoms with Gasteiger partial charge in [-0.05, 0) is 29.8 Å². The zero-order valence-corrected chi connectivity index (χ0v) is 12.1. The smallest absolute Gasteiger partial charge is 0.129 e. The lowest BCUT2D eigenvalue weighted by Gasteiger charge is -2.30. The fourth-order valence-electron chi connectivity index (χ4n) is 2.60. The molecular weight excluding hydrogens is 268 g/mol. The number of aliphatic hydroxyl groups is 1. The highest BCUT2D eigenvalue weighted by atomic mass is 16.5. The zero-order chi connectivity index (χ0) is 14.8. The normalized spacial score (nSPS) is 20.3. The minimum absolute atomic E-state index is 0.199. The average Bonchev–Trinajstić information content (AvgIpc) is 2.54. The summed E-state index contributed by atoms with van der Waals surface area (Å²) in [5.74, 6) is 2.16. The molecule has 2 aromatic carbocycles. The van der Waals surface area contributed by atoms with Crippen molar-refractivity contribution in [1.29, 1.82) is 0 Å². The molecule has 1 heterocycles. The maximum atomic E-state index is 10.3. The van der Waals surface area contributed by atoms with Crippen LogP contribution in [0, 0.1) is 0 Å². The highest BCUT2D eigenvalue weighted by Gasteiger charge is 2.28. The topological polar surface area (TPSA) is 47.9 Å². The van der Waals surface area contributed by atoms with Gasteiger partial charge in [-0.2, -0.15) is 0 Å². The average molecular weight is 286 g/mol. The van der Waals surface area contributed by atoms with E-state index in [-0.39, 0.29) is 6.10 Å². The second kappa shape index (κ2) is 5.66. The van der Waals surface area contributed by atoms with Crippen LogP contribution in [0.1, 0.15) is 29.8 Å². The lowest BCUT2D eigenvalue weighted by molar-refractivity contribution is 0.0654. The molecule has 0 bridgehead atoms.